The lowest BCUT2D eigenvalue weighted by Crippen LogP contribution is -2.34. The van der Waals surface area contributed by atoms with Gasteiger partial charge in [-0.1, -0.05) is 12.1 Å². The van der Waals surface area contributed by atoms with Crippen LogP contribution in [0.25, 0.3) is 0 Å². The normalized spacial score (nSPS) is 19.2. The lowest BCUT2D eigenvalue weighted by Gasteiger charge is -2.27. The van der Waals surface area contributed by atoms with E-state index in [9.17, 15) is 4.39 Å². The van der Waals surface area contributed by atoms with Crippen molar-refractivity contribution in [2.24, 2.45) is 0 Å². The first-order valence-electron chi connectivity index (χ1n) is 8.42. The summed E-state index contributed by atoms with van der Waals surface area (Å²) in [7, 11) is 0. The first-order chi connectivity index (χ1) is 11.6. The minimum absolute atomic E-state index is 0.144. The molecule has 1 unspecified atom stereocenters. The molecule has 2 aromatic rings. The zero-order valence-corrected chi connectivity index (χ0v) is 14.2. The van der Waals surface area contributed by atoms with Crippen LogP contribution in [-0.2, 0) is 0 Å². The van der Waals surface area contributed by atoms with Crippen LogP contribution in [0.2, 0.25) is 0 Å². The summed E-state index contributed by atoms with van der Waals surface area (Å²) in [4.78, 5) is 6.81. The minimum Gasteiger partial charge on any atom is -0.439 e. The van der Waals surface area contributed by atoms with Gasteiger partial charge in [0.1, 0.15) is 11.6 Å². The van der Waals surface area contributed by atoms with Gasteiger partial charge in [-0.3, -0.25) is 4.90 Å². The molecule has 24 heavy (non-hydrogen) atoms. The molecular formula is C19H23FN3O. The topological polar surface area (TPSA) is 39.5 Å². The van der Waals surface area contributed by atoms with Gasteiger partial charge in [0.25, 0.3) is 0 Å². The fourth-order valence-electron chi connectivity index (χ4n) is 2.87. The standard InChI is InChI=1S/C19H23FN3O/c1-14(2)23-10-4-9-21-18(13-23)15-7-8-19(22-12-15)24-17-6-3-5-16(20)11-17/h3,5-8,11-12,14,18H,4,9-10,13H2,1-2H3. The summed E-state index contributed by atoms with van der Waals surface area (Å²) in [6.07, 6.45) is 2.91. The molecule has 1 aliphatic heterocycles. The van der Waals surface area contributed by atoms with Gasteiger partial charge in [0.15, 0.2) is 0 Å². The highest BCUT2D eigenvalue weighted by molar-refractivity contribution is 5.29. The number of rotatable bonds is 4. The summed E-state index contributed by atoms with van der Waals surface area (Å²) in [5.74, 6) is 0.578. The van der Waals surface area contributed by atoms with Gasteiger partial charge in [0.2, 0.25) is 5.88 Å². The second-order valence-corrected chi connectivity index (χ2v) is 6.35. The van der Waals surface area contributed by atoms with Crippen molar-refractivity contribution < 1.29 is 9.13 Å². The Morgan fingerprint density at radius 1 is 1.25 bits per heavy atom. The van der Waals surface area contributed by atoms with E-state index in [1.807, 2.05) is 18.3 Å². The summed E-state index contributed by atoms with van der Waals surface area (Å²) in [5, 5.41) is 4.78. The number of pyridine rings is 1. The van der Waals surface area contributed by atoms with E-state index >= 15 is 0 Å². The van der Waals surface area contributed by atoms with Crippen LogP contribution in [0, 0.1) is 5.82 Å². The number of halogens is 1. The van der Waals surface area contributed by atoms with E-state index in [-0.39, 0.29) is 11.9 Å². The number of hydrogen-bond donors (Lipinski definition) is 0. The lowest BCUT2D eigenvalue weighted by atomic mass is 10.1. The van der Waals surface area contributed by atoms with E-state index in [1.165, 1.54) is 12.1 Å². The molecule has 1 saturated heterocycles. The maximum atomic E-state index is 13.2. The highest BCUT2D eigenvalue weighted by atomic mass is 19.1. The van der Waals surface area contributed by atoms with Crippen LogP contribution < -0.4 is 10.1 Å². The van der Waals surface area contributed by atoms with E-state index in [2.05, 4.69) is 23.7 Å². The Morgan fingerprint density at radius 3 is 2.83 bits per heavy atom. The number of hydrogen-bond acceptors (Lipinski definition) is 3. The van der Waals surface area contributed by atoms with Gasteiger partial charge < -0.3 is 4.74 Å². The molecule has 4 nitrogen and oxygen atoms in total. The molecule has 0 N–H and O–H groups in total. The zero-order valence-electron chi connectivity index (χ0n) is 14.2. The zero-order chi connectivity index (χ0) is 16.9. The average Bonchev–Trinajstić information content (AvgIpc) is 2.82. The molecule has 1 fully saturated rings. The van der Waals surface area contributed by atoms with E-state index in [0.717, 1.165) is 31.6 Å². The summed E-state index contributed by atoms with van der Waals surface area (Å²) < 4.78 is 18.8. The Kier molecular flexibility index (Phi) is 5.43. The van der Waals surface area contributed by atoms with Gasteiger partial charge in [0, 0.05) is 37.5 Å². The predicted molar refractivity (Wildman–Crippen MR) is 91.8 cm³/mol. The SMILES string of the molecule is CC(C)N1CCC[N]C(c2ccc(Oc3cccc(F)c3)nc2)C1. The number of aromatic nitrogens is 1. The van der Waals surface area contributed by atoms with E-state index < -0.39 is 0 Å². The van der Waals surface area contributed by atoms with Crippen molar-refractivity contribution >= 4 is 0 Å². The summed E-state index contributed by atoms with van der Waals surface area (Å²) in [5.41, 5.74) is 1.09. The van der Waals surface area contributed by atoms with Crippen molar-refractivity contribution in [3.63, 3.8) is 0 Å². The molecular weight excluding hydrogens is 305 g/mol. The first-order valence-corrected chi connectivity index (χ1v) is 8.42. The Morgan fingerprint density at radius 2 is 2.12 bits per heavy atom. The van der Waals surface area contributed by atoms with E-state index in [4.69, 9.17) is 10.1 Å². The van der Waals surface area contributed by atoms with Gasteiger partial charge in [-0.05, 0) is 44.5 Å². The summed E-state index contributed by atoms with van der Waals surface area (Å²) in [6.45, 7) is 7.33. The highest BCUT2D eigenvalue weighted by Gasteiger charge is 2.22. The van der Waals surface area contributed by atoms with Crippen LogP contribution in [-0.4, -0.2) is 35.6 Å². The molecule has 0 spiro atoms. The Labute approximate surface area is 142 Å². The van der Waals surface area contributed by atoms with Crippen molar-refractivity contribution in [1.82, 2.24) is 15.2 Å². The largest absolute Gasteiger partial charge is 0.439 e. The second-order valence-electron chi connectivity index (χ2n) is 6.35. The quantitative estimate of drug-likeness (QED) is 0.857. The third-order valence-electron chi connectivity index (χ3n) is 4.25. The van der Waals surface area contributed by atoms with Crippen molar-refractivity contribution in [1.29, 1.82) is 0 Å². The number of nitrogens with zero attached hydrogens (tertiary/aromatic N) is 3. The molecule has 127 valence electrons. The van der Waals surface area contributed by atoms with Gasteiger partial charge in [-0.2, -0.15) is 0 Å². The Bertz CT molecular complexity index is 660. The molecule has 3 rings (SSSR count). The van der Waals surface area contributed by atoms with Crippen LogP contribution in [0.1, 0.15) is 31.9 Å². The van der Waals surface area contributed by atoms with Crippen LogP contribution in [0.5, 0.6) is 11.6 Å². The van der Waals surface area contributed by atoms with Crippen LogP contribution in [0.3, 0.4) is 0 Å². The molecule has 1 atom stereocenters. The van der Waals surface area contributed by atoms with Gasteiger partial charge in [-0.25, -0.2) is 14.7 Å². The molecule has 0 saturated carbocycles. The summed E-state index contributed by atoms with van der Waals surface area (Å²) >= 11 is 0. The van der Waals surface area contributed by atoms with E-state index in [0.29, 0.717) is 17.7 Å². The first kappa shape index (κ1) is 16.9. The van der Waals surface area contributed by atoms with Crippen LogP contribution in [0.4, 0.5) is 4.39 Å². The Hall–Kier alpha value is -1.98. The molecule has 1 radical (unpaired) electrons. The van der Waals surface area contributed by atoms with Crippen LogP contribution in [0.15, 0.2) is 42.6 Å². The molecule has 0 bridgehead atoms. The average molecular weight is 328 g/mol. The molecule has 1 aromatic heterocycles. The molecule has 1 aliphatic rings. The van der Waals surface area contributed by atoms with Crippen molar-refractivity contribution in [3.8, 4) is 11.6 Å². The predicted octanol–water partition coefficient (Wildman–Crippen LogP) is 3.77. The van der Waals surface area contributed by atoms with Crippen molar-refractivity contribution in [3.05, 3.63) is 54.0 Å². The van der Waals surface area contributed by atoms with Gasteiger partial charge >= 0.3 is 0 Å². The smallest absolute Gasteiger partial charge is 0.219 e. The molecule has 0 amide bonds. The monoisotopic (exact) mass is 328 g/mol. The Balaban J connectivity index is 1.69. The van der Waals surface area contributed by atoms with Gasteiger partial charge in [0.05, 0.1) is 6.04 Å². The highest BCUT2D eigenvalue weighted by Crippen LogP contribution is 2.23. The van der Waals surface area contributed by atoms with Crippen LogP contribution >= 0.6 is 0 Å². The van der Waals surface area contributed by atoms with Crippen molar-refractivity contribution in [2.45, 2.75) is 32.4 Å². The fraction of sp³-hybridized carbons (Fsp3) is 0.421. The molecule has 0 aliphatic carbocycles. The minimum atomic E-state index is -0.324. The molecule has 5 heteroatoms. The third-order valence-corrected chi connectivity index (χ3v) is 4.25. The lowest BCUT2D eigenvalue weighted by molar-refractivity contribution is 0.217. The van der Waals surface area contributed by atoms with E-state index in [1.54, 1.807) is 12.1 Å². The second kappa shape index (κ2) is 7.73. The summed E-state index contributed by atoms with van der Waals surface area (Å²) in [6, 6.07) is 10.5. The molecule has 1 aromatic carbocycles. The fourth-order valence-corrected chi connectivity index (χ4v) is 2.87. The third kappa shape index (κ3) is 4.30. The van der Waals surface area contributed by atoms with Crippen molar-refractivity contribution in [2.75, 3.05) is 19.6 Å². The maximum Gasteiger partial charge on any atom is 0.219 e. The molecule has 2 heterocycles. The number of ether oxygens (including phenoxy) is 1. The number of benzene rings is 1. The maximum absolute atomic E-state index is 13.2. The van der Waals surface area contributed by atoms with Gasteiger partial charge in [-0.15, -0.1) is 0 Å².